The first-order chi connectivity index (χ1) is 31.7. The van der Waals surface area contributed by atoms with Crippen LogP contribution in [0.15, 0.2) is 24.3 Å². The van der Waals surface area contributed by atoms with Crippen LogP contribution in [0.2, 0.25) is 0 Å². The number of nitrogens with zero attached hydrogens (tertiary/aromatic N) is 5. The van der Waals surface area contributed by atoms with Gasteiger partial charge < -0.3 is 9.80 Å². The minimum Gasteiger partial charge on any atom is -0.363 e. The topological polar surface area (TPSA) is 60.9 Å². The Bertz CT molecular complexity index is 2380. The summed E-state index contributed by atoms with van der Waals surface area (Å²) in [6.07, 6.45) is 18.4. The van der Waals surface area contributed by atoms with E-state index in [1.165, 1.54) is 143 Å². The predicted octanol–water partition coefficient (Wildman–Crippen LogP) is 18.1. The third-order valence-corrected chi connectivity index (χ3v) is 21.0. The molecule has 9 rings (SSSR count). The van der Waals surface area contributed by atoms with E-state index in [1.54, 1.807) is 22.7 Å². The van der Waals surface area contributed by atoms with Crippen molar-refractivity contribution in [3.8, 4) is 20.9 Å². The lowest BCUT2D eigenvalue weighted by atomic mass is 9.76. The van der Waals surface area contributed by atoms with Crippen LogP contribution in [0.4, 0.5) is 18.8 Å². The monoisotopic (exact) mass is 976 g/mol. The molecular weight excluding hydrogens is 907 g/mol. The first-order valence-electron chi connectivity index (χ1n) is 25.3. The van der Waals surface area contributed by atoms with Crippen molar-refractivity contribution in [3.63, 3.8) is 0 Å². The number of benzene rings is 1. The fourth-order valence-electron chi connectivity index (χ4n) is 11.6. The van der Waals surface area contributed by atoms with Gasteiger partial charge >= 0.3 is 0 Å². The third-order valence-electron chi connectivity index (χ3n) is 15.7. The molecular formula is C52H70F2N6S5. The van der Waals surface area contributed by atoms with Crippen LogP contribution in [0.3, 0.4) is 0 Å². The molecule has 65 heavy (non-hydrogen) atoms. The molecule has 8 heterocycles. The molecule has 0 radical (unpaired) electrons. The van der Waals surface area contributed by atoms with Gasteiger partial charge in [-0.05, 0) is 98.3 Å². The van der Waals surface area contributed by atoms with Gasteiger partial charge in [0.2, 0.25) is 0 Å². The van der Waals surface area contributed by atoms with Gasteiger partial charge in [0.05, 0.1) is 15.5 Å². The molecule has 0 spiro atoms. The summed E-state index contributed by atoms with van der Waals surface area (Å²) in [5.74, 6) is 4.63. The minimum absolute atomic E-state index is 0.417. The molecule has 6 aromatic heterocycles. The molecule has 7 aromatic rings. The Balaban J connectivity index is 0.934. The second-order valence-corrected chi connectivity index (χ2v) is 24.3. The molecule has 4 atom stereocenters. The number of halogens is 2. The van der Waals surface area contributed by atoms with Crippen molar-refractivity contribution in [2.24, 2.45) is 35.5 Å². The lowest BCUT2D eigenvalue weighted by Gasteiger charge is -2.37. The van der Waals surface area contributed by atoms with Crippen molar-refractivity contribution in [3.05, 3.63) is 30.1 Å². The van der Waals surface area contributed by atoms with E-state index in [2.05, 4.69) is 89.9 Å². The van der Waals surface area contributed by atoms with Crippen molar-refractivity contribution in [2.75, 3.05) is 36.0 Å². The molecule has 13 heteroatoms. The van der Waals surface area contributed by atoms with Gasteiger partial charge in [0.25, 0.3) is 6.43 Å². The van der Waals surface area contributed by atoms with Crippen LogP contribution in [0.25, 0.3) is 61.7 Å². The lowest BCUT2D eigenvalue weighted by Crippen LogP contribution is -2.36. The van der Waals surface area contributed by atoms with Gasteiger partial charge in [-0.25, -0.2) is 18.7 Å². The number of hydrogen-bond donors (Lipinski definition) is 1. The second kappa shape index (κ2) is 21.3. The van der Waals surface area contributed by atoms with E-state index in [-0.39, 0.29) is 0 Å². The Morgan fingerprint density at radius 3 is 1.49 bits per heavy atom. The van der Waals surface area contributed by atoms with Crippen molar-refractivity contribution in [1.82, 2.24) is 18.7 Å². The van der Waals surface area contributed by atoms with Crippen molar-refractivity contribution >= 4 is 108 Å². The number of aromatic nitrogens is 4. The van der Waals surface area contributed by atoms with Crippen LogP contribution in [-0.2, 0) is 0 Å². The van der Waals surface area contributed by atoms with Crippen molar-refractivity contribution in [1.29, 1.82) is 0 Å². The number of imidazole rings is 1. The fraction of sp³-hybridized carbons (Fsp3) is 0.635. The third kappa shape index (κ3) is 9.93. The van der Waals surface area contributed by atoms with Gasteiger partial charge in [0.15, 0.2) is 5.82 Å². The molecule has 6 nitrogen and oxygen atoms in total. The van der Waals surface area contributed by atoms with Gasteiger partial charge in [-0.2, -0.15) is 4.37 Å². The summed E-state index contributed by atoms with van der Waals surface area (Å²) >= 11 is 8.46. The van der Waals surface area contributed by atoms with E-state index in [1.807, 2.05) is 22.7 Å². The van der Waals surface area contributed by atoms with Gasteiger partial charge in [-0.15, -0.1) is 45.3 Å². The van der Waals surface area contributed by atoms with E-state index in [0.29, 0.717) is 11.0 Å². The maximum Gasteiger partial charge on any atom is 0.297 e. The Morgan fingerprint density at radius 2 is 1.06 bits per heavy atom. The number of unbranched alkanes of at least 4 members (excludes halogenated alkanes) is 2. The van der Waals surface area contributed by atoms with Gasteiger partial charge in [0.1, 0.15) is 16.6 Å². The molecule has 2 fully saturated rings. The van der Waals surface area contributed by atoms with E-state index in [4.69, 9.17) is 4.37 Å². The number of aromatic amines is 1. The van der Waals surface area contributed by atoms with Gasteiger partial charge in [-0.3, -0.25) is 4.37 Å². The second-order valence-electron chi connectivity index (χ2n) is 19.5. The van der Waals surface area contributed by atoms with Crippen LogP contribution in [0.5, 0.6) is 0 Å². The highest BCUT2D eigenvalue weighted by Crippen LogP contribution is 2.51. The maximum absolute atomic E-state index is 14.5. The summed E-state index contributed by atoms with van der Waals surface area (Å²) in [5, 5.41) is 2.68. The number of rotatable bonds is 21. The number of piperidine rings is 2. The number of alkyl halides is 2. The number of nitrogens with one attached hydrogen (secondary N) is 1. The Hall–Kier alpha value is -2.71. The molecule has 0 bridgehead atoms. The summed E-state index contributed by atoms with van der Waals surface area (Å²) in [4.78, 5) is 16.4. The zero-order chi connectivity index (χ0) is 45.2. The normalized spacial score (nSPS) is 17.8. The van der Waals surface area contributed by atoms with E-state index < -0.39 is 12.2 Å². The molecule has 0 aliphatic carbocycles. The molecule has 1 aromatic carbocycles. The van der Waals surface area contributed by atoms with E-state index >= 15 is 0 Å². The quantitative estimate of drug-likeness (QED) is 0.0777. The molecule has 0 amide bonds. The number of fused-ring (bicyclic) bond motifs is 4. The molecule has 2 aliphatic rings. The number of hydrogen-bond acceptors (Lipinski definition) is 10. The number of anilines is 2. The maximum atomic E-state index is 14.5. The average Bonchev–Trinajstić information content (AvgIpc) is 4.19. The average molecular weight is 978 g/mol. The summed E-state index contributed by atoms with van der Waals surface area (Å²) in [7, 11) is 0. The molecule has 1 N–H and O–H groups in total. The van der Waals surface area contributed by atoms with Crippen LogP contribution < -0.4 is 9.80 Å². The highest BCUT2D eigenvalue weighted by molar-refractivity contribution is 7.32. The van der Waals surface area contributed by atoms with Crippen LogP contribution in [0.1, 0.15) is 157 Å². The Kier molecular flexibility index (Phi) is 15.5. The highest BCUT2D eigenvalue weighted by atomic mass is 32.1. The standard InChI is InChI=1S/C52H70F2N6S5/c1-7-13-15-31(9-3)25-33(11-5)35-17-21-59(22-18-35)43-29-39-37(63-43)27-41(61-39)45-47-48(56-52(55-47)51(53)54)46(50-49(45)57-65-58-50)42-28-38-40(62-42)30-44(64-38)60-23-19-36(20-24-60)34(12-6)26-32(10-4)16-14-8-2/h27-36,51,57H,7-26H2,1-6H3. The summed E-state index contributed by atoms with van der Waals surface area (Å²) in [6.45, 7) is 18.7. The largest absolute Gasteiger partial charge is 0.363 e. The van der Waals surface area contributed by atoms with Crippen molar-refractivity contribution < 1.29 is 8.78 Å². The Morgan fingerprint density at radius 1 is 0.600 bits per heavy atom. The number of thiophene rings is 4. The molecule has 2 aliphatic heterocycles. The van der Waals surface area contributed by atoms with E-state index in [0.717, 1.165) is 93.6 Å². The smallest absolute Gasteiger partial charge is 0.297 e. The van der Waals surface area contributed by atoms with Crippen molar-refractivity contribution in [2.45, 2.75) is 151 Å². The Labute approximate surface area is 406 Å². The SMILES string of the molecule is CCCCC(CC)CC(CC)C1CCN(c2cc3sc(-c4c5nc(C(F)F)nc5c(-c5cc6sc(N7CCC(C(CC)CC(CC)CCCC)CC7)cc6s5)c5[nH]snc45)cc3s2)CC1. The van der Waals surface area contributed by atoms with Crippen LogP contribution in [0, 0.1) is 35.5 Å². The number of H-pyrrole nitrogens is 1. The molecule has 352 valence electrons. The first-order valence-corrected chi connectivity index (χ1v) is 29.3. The van der Waals surface area contributed by atoms with Crippen LogP contribution in [-0.4, -0.2) is 44.9 Å². The zero-order valence-electron chi connectivity index (χ0n) is 39.5. The van der Waals surface area contributed by atoms with Gasteiger partial charge in [-0.1, -0.05) is 106 Å². The predicted molar refractivity (Wildman–Crippen MR) is 283 cm³/mol. The van der Waals surface area contributed by atoms with Crippen LogP contribution >= 0.6 is 57.1 Å². The zero-order valence-corrected chi connectivity index (χ0v) is 43.6. The highest BCUT2D eigenvalue weighted by Gasteiger charge is 2.32. The lowest BCUT2D eigenvalue weighted by molar-refractivity contribution is 0.142. The summed E-state index contributed by atoms with van der Waals surface area (Å²) in [5.41, 5.74) is 4.31. The minimum atomic E-state index is -2.77. The first kappa shape index (κ1) is 47.4. The van der Waals surface area contributed by atoms with E-state index in [9.17, 15) is 8.78 Å². The molecule has 2 saturated heterocycles. The molecule has 0 saturated carbocycles. The summed E-state index contributed by atoms with van der Waals surface area (Å²) < 4.78 is 42.3. The van der Waals surface area contributed by atoms with Gasteiger partial charge in [0, 0.05) is 77.6 Å². The fourth-order valence-corrected chi connectivity index (χ4v) is 17.2. The summed E-state index contributed by atoms with van der Waals surface area (Å²) in [6, 6.07) is 9.20. The molecule has 4 unspecified atom stereocenters.